The highest BCUT2D eigenvalue weighted by Gasteiger charge is 2.42. The maximum absolute atomic E-state index is 12.2. The SMILES string of the molecule is C[C@](C#N)(NC(=O)CSc1nnnn1-c1cccc(Cl)c1)C1CC1. The molecular formula is C15H15ClN6OS. The highest BCUT2D eigenvalue weighted by atomic mass is 35.5. The van der Waals surface area contributed by atoms with Crippen molar-refractivity contribution in [3.05, 3.63) is 29.3 Å². The van der Waals surface area contributed by atoms with E-state index in [0.717, 1.165) is 18.5 Å². The molecule has 124 valence electrons. The first-order valence-corrected chi connectivity index (χ1v) is 8.77. The number of benzene rings is 1. The first-order valence-electron chi connectivity index (χ1n) is 7.41. The molecule has 1 saturated carbocycles. The van der Waals surface area contributed by atoms with E-state index in [9.17, 15) is 10.1 Å². The maximum atomic E-state index is 12.2. The van der Waals surface area contributed by atoms with Crippen molar-refractivity contribution in [3.63, 3.8) is 0 Å². The summed E-state index contributed by atoms with van der Waals surface area (Å²) in [4.78, 5) is 12.2. The molecule has 1 N–H and O–H groups in total. The molecular weight excluding hydrogens is 348 g/mol. The van der Waals surface area contributed by atoms with Gasteiger partial charge in [0.25, 0.3) is 0 Å². The number of tetrazole rings is 1. The summed E-state index contributed by atoms with van der Waals surface area (Å²) < 4.78 is 1.52. The van der Waals surface area contributed by atoms with Gasteiger partial charge in [-0.3, -0.25) is 4.79 Å². The lowest BCUT2D eigenvalue weighted by molar-refractivity contribution is -0.119. The van der Waals surface area contributed by atoms with Crippen molar-refractivity contribution in [2.45, 2.75) is 30.5 Å². The largest absolute Gasteiger partial charge is 0.337 e. The number of halogens is 1. The third kappa shape index (κ3) is 3.68. The smallest absolute Gasteiger partial charge is 0.231 e. The first-order chi connectivity index (χ1) is 11.5. The summed E-state index contributed by atoms with van der Waals surface area (Å²) in [5.74, 6) is 0.162. The molecule has 1 heterocycles. The molecule has 9 heteroatoms. The van der Waals surface area contributed by atoms with Crippen molar-refractivity contribution in [2.24, 2.45) is 5.92 Å². The number of hydrogen-bond donors (Lipinski definition) is 1. The highest BCUT2D eigenvalue weighted by Crippen LogP contribution is 2.39. The number of amides is 1. The molecule has 24 heavy (non-hydrogen) atoms. The van der Waals surface area contributed by atoms with Gasteiger partial charge in [-0.15, -0.1) is 5.10 Å². The predicted octanol–water partition coefficient (Wildman–Crippen LogP) is 2.22. The predicted molar refractivity (Wildman–Crippen MR) is 89.8 cm³/mol. The fourth-order valence-electron chi connectivity index (χ4n) is 2.38. The van der Waals surface area contributed by atoms with E-state index in [-0.39, 0.29) is 17.6 Å². The van der Waals surface area contributed by atoms with Crippen LogP contribution in [-0.4, -0.2) is 37.4 Å². The minimum Gasteiger partial charge on any atom is -0.337 e. The average Bonchev–Trinajstić information content (AvgIpc) is 3.32. The van der Waals surface area contributed by atoms with Crippen LogP contribution >= 0.6 is 23.4 Å². The van der Waals surface area contributed by atoms with Crippen molar-refractivity contribution in [1.29, 1.82) is 5.26 Å². The standard InChI is InChI=1S/C15H15ClN6OS/c1-15(9-17,10-5-6-10)18-13(23)8-24-14-19-20-21-22(14)12-4-2-3-11(16)7-12/h2-4,7,10H,5-6,8H2,1H3,(H,18,23)/t15-/m1/s1. The molecule has 2 aromatic rings. The maximum Gasteiger partial charge on any atom is 0.231 e. The Morgan fingerprint density at radius 1 is 1.58 bits per heavy atom. The number of aromatic nitrogens is 4. The van der Waals surface area contributed by atoms with E-state index >= 15 is 0 Å². The number of nitrogens with zero attached hydrogens (tertiary/aromatic N) is 5. The number of hydrogen-bond acceptors (Lipinski definition) is 6. The Hall–Kier alpha value is -2.11. The Bertz CT molecular complexity index is 799. The van der Waals surface area contributed by atoms with Crippen LogP contribution in [0.4, 0.5) is 0 Å². The number of nitrogens with one attached hydrogen (secondary N) is 1. The van der Waals surface area contributed by atoms with Gasteiger partial charge in [0.2, 0.25) is 11.1 Å². The second-order valence-corrected chi connectivity index (χ2v) is 7.16. The van der Waals surface area contributed by atoms with Crippen LogP contribution in [0.1, 0.15) is 19.8 Å². The van der Waals surface area contributed by atoms with Gasteiger partial charge in [-0.25, -0.2) is 0 Å². The van der Waals surface area contributed by atoms with Crippen molar-refractivity contribution in [1.82, 2.24) is 25.5 Å². The summed E-state index contributed by atoms with van der Waals surface area (Å²) in [6.45, 7) is 1.77. The van der Waals surface area contributed by atoms with E-state index < -0.39 is 5.54 Å². The van der Waals surface area contributed by atoms with Gasteiger partial charge in [-0.05, 0) is 54.3 Å². The molecule has 1 fully saturated rings. The number of carbonyl (C=O) groups is 1. The Kier molecular flexibility index (Phi) is 4.73. The second kappa shape index (κ2) is 6.79. The quantitative estimate of drug-likeness (QED) is 0.791. The van der Waals surface area contributed by atoms with Gasteiger partial charge in [0.05, 0.1) is 17.5 Å². The molecule has 0 radical (unpaired) electrons. The Labute approximate surface area is 148 Å². The zero-order valence-corrected chi connectivity index (χ0v) is 14.5. The van der Waals surface area contributed by atoms with E-state index in [1.54, 1.807) is 25.1 Å². The molecule has 3 rings (SSSR count). The minimum absolute atomic E-state index is 0.130. The van der Waals surface area contributed by atoms with E-state index in [1.807, 2.05) is 6.07 Å². The van der Waals surface area contributed by atoms with Crippen LogP contribution in [0, 0.1) is 17.2 Å². The zero-order chi connectivity index (χ0) is 17.2. The summed E-state index contributed by atoms with van der Waals surface area (Å²) in [5, 5.41) is 24.7. The normalized spacial score (nSPS) is 16.2. The average molecular weight is 363 g/mol. The zero-order valence-electron chi connectivity index (χ0n) is 12.9. The van der Waals surface area contributed by atoms with Gasteiger partial charge in [-0.2, -0.15) is 9.94 Å². The van der Waals surface area contributed by atoms with Crippen molar-refractivity contribution < 1.29 is 4.79 Å². The molecule has 1 aliphatic carbocycles. The summed E-state index contributed by atoms with van der Waals surface area (Å²) in [5.41, 5.74) is -0.0773. The molecule has 1 aliphatic rings. The molecule has 0 bridgehead atoms. The molecule has 0 spiro atoms. The van der Waals surface area contributed by atoms with Crippen LogP contribution in [0.25, 0.3) is 5.69 Å². The lowest BCUT2D eigenvalue weighted by Crippen LogP contribution is -2.47. The fraction of sp³-hybridized carbons (Fsp3) is 0.400. The lowest BCUT2D eigenvalue weighted by atomic mass is 9.98. The topological polar surface area (TPSA) is 96.5 Å². The van der Waals surface area contributed by atoms with Gasteiger partial charge < -0.3 is 5.32 Å². The first kappa shape index (κ1) is 16.7. The molecule has 1 amide bonds. The molecule has 0 unspecified atom stereocenters. The van der Waals surface area contributed by atoms with Gasteiger partial charge >= 0.3 is 0 Å². The third-order valence-corrected chi connectivity index (χ3v) is 5.01. The molecule has 1 atom stereocenters. The van der Waals surface area contributed by atoms with Crippen LogP contribution in [0.5, 0.6) is 0 Å². The Morgan fingerprint density at radius 3 is 3.04 bits per heavy atom. The fourth-order valence-corrected chi connectivity index (χ4v) is 3.25. The second-order valence-electron chi connectivity index (χ2n) is 5.78. The summed E-state index contributed by atoms with van der Waals surface area (Å²) >= 11 is 7.19. The highest BCUT2D eigenvalue weighted by molar-refractivity contribution is 7.99. The van der Waals surface area contributed by atoms with Crippen LogP contribution < -0.4 is 5.32 Å². The van der Waals surface area contributed by atoms with Gasteiger partial charge in [0, 0.05) is 5.02 Å². The lowest BCUT2D eigenvalue weighted by Gasteiger charge is -2.22. The number of nitriles is 1. The van der Waals surface area contributed by atoms with Crippen LogP contribution in [-0.2, 0) is 4.79 Å². The summed E-state index contributed by atoms with van der Waals surface area (Å²) in [7, 11) is 0. The van der Waals surface area contributed by atoms with E-state index in [0.29, 0.717) is 10.2 Å². The van der Waals surface area contributed by atoms with Crippen molar-refractivity contribution in [3.8, 4) is 11.8 Å². The summed E-state index contributed by atoms with van der Waals surface area (Å²) in [6, 6.07) is 9.33. The molecule has 0 aliphatic heterocycles. The van der Waals surface area contributed by atoms with E-state index in [2.05, 4.69) is 26.9 Å². The van der Waals surface area contributed by atoms with E-state index in [4.69, 9.17) is 11.6 Å². The van der Waals surface area contributed by atoms with Gasteiger partial charge in [0.1, 0.15) is 5.54 Å². The monoisotopic (exact) mass is 362 g/mol. The van der Waals surface area contributed by atoms with Crippen molar-refractivity contribution in [2.75, 3.05) is 5.75 Å². The molecule has 1 aromatic heterocycles. The number of thioether (sulfide) groups is 1. The number of carbonyl (C=O) groups excluding carboxylic acids is 1. The van der Waals surface area contributed by atoms with Crippen molar-refractivity contribution >= 4 is 29.3 Å². The van der Waals surface area contributed by atoms with Crippen LogP contribution in [0.2, 0.25) is 5.02 Å². The van der Waals surface area contributed by atoms with Gasteiger partial charge in [0.15, 0.2) is 0 Å². The molecule has 1 aromatic carbocycles. The Balaban J connectivity index is 1.65. The third-order valence-electron chi connectivity index (χ3n) is 3.85. The van der Waals surface area contributed by atoms with Crippen LogP contribution in [0.3, 0.4) is 0 Å². The van der Waals surface area contributed by atoms with Crippen LogP contribution in [0.15, 0.2) is 29.4 Å². The van der Waals surface area contributed by atoms with E-state index in [1.165, 1.54) is 16.4 Å². The van der Waals surface area contributed by atoms with Gasteiger partial charge in [-0.1, -0.05) is 29.4 Å². The minimum atomic E-state index is -0.795. The molecule has 7 nitrogen and oxygen atoms in total. The number of rotatable bonds is 6. The molecule has 0 saturated heterocycles. The Morgan fingerprint density at radius 2 is 2.38 bits per heavy atom. The summed E-state index contributed by atoms with van der Waals surface area (Å²) in [6.07, 6.45) is 1.95.